The molecule has 2 aromatic heterocycles. The molecule has 2 heterocycles. The standard InChI is InChI=1S/C17H13NOS/c1-2-6-16-14(5-1)15-10-12(7-8-17(15)19-16)18-11-13-4-3-9-20-13/h1-10,18H,11H2. The lowest BCUT2D eigenvalue weighted by molar-refractivity contribution is 0.669. The molecule has 0 bridgehead atoms. The van der Waals surface area contributed by atoms with Gasteiger partial charge in [-0.2, -0.15) is 0 Å². The van der Waals surface area contributed by atoms with E-state index in [-0.39, 0.29) is 0 Å². The Bertz CT molecular complexity index is 861. The summed E-state index contributed by atoms with van der Waals surface area (Å²) in [6.07, 6.45) is 0. The van der Waals surface area contributed by atoms with E-state index in [0.717, 1.165) is 28.8 Å². The predicted octanol–water partition coefficient (Wildman–Crippen LogP) is 5.26. The maximum atomic E-state index is 5.83. The number of para-hydroxylation sites is 1. The van der Waals surface area contributed by atoms with E-state index >= 15 is 0 Å². The second-order valence-corrected chi connectivity index (χ2v) is 5.77. The zero-order chi connectivity index (χ0) is 13.4. The van der Waals surface area contributed by atoms with Gasteiger partial charge in [0.05, 0.1) is 0 Å². The van der Waals surface area contributed by atoms with Gasteiger partial charge in [0.1, 0.15) is 11.2 Å². The van der Waals surface area contributed by atoms with Crippen molar-refractivity contribution in [2.24, 2.45) is 0 Å². The predicted molar refractivity (Wildman–Crippen MR) is 85.4 cm³/mol. The Labute approximate surface area is 120 Å². The summed E-state index contributed by atoms with van der Waals surface area (Å²) in [5.41, 5.74) is 3.00. The van der Waals surface area contributed by atoms with Gasteiger partial charge in [-0.3, -0.25) is 0 Å². The van der Waals surface area contributed by atoms with E-state index in [2.05, 4.69) is 41.0 Å². The number of benzene rings is 2. The number of hydrogen-bond acceptors (Lipinski definition) is 3. The molecule has 0 amide bonds. The van der Waals surface area contributed by atoms with Crippen LogP contribution in [0.4, 0.5) is 5.69 Å². The van der Waals surface area contributed by atoms with Gasteiger partial charge < -0.3 is 9.73 Å². The fourth-order valence-electron chi connectivity index (χ4n) is 2.44. The molecule has 2 aromatic carbocycles. The van der Waals surface area contributed by atoms with Crippen LogP contribution in [-0.2, 0) is 6.54 Å². The lowest BCUT2D eigenvalue weighted by Gasteiger charge is -2.04. The quantitative estimate of drug-likeness (QED) is 0.553. The first-order chi connectivity index (χ1) is 9.90. The normalized spacial score (nSPS) is 11.2. The fraction of sp³-hybridized carbons (Fsp3) is 0.0588. The van der Waals surface area contributed by atoms with Crippen LogP contribution in [0.1, 0.15) is 4.88 Å². The van der Waals surface area contributed by atoms with E-state index in [1.807, 2.05) is 24.3 Å². The molecule has 0 saturated heterocycles. The van der Waals surface area contributed by atoms with Gasteiger partial charge in [0.25, 0.3) is 0 Å². The Morgan fingerprint density at radius 1 is 0.900 bits per heavy atom. The molecule has 0 unspecified atom stereocenters. The van der Waals surface area contributed by atoms with Crippen LogP contribution in [0.25, 0.3) is 21.9 Å². The van der Waals surface area contributed by atoms with Crippen molar-refractivity contribution in [2.45, 2.75) is 6.54 Å². The van der Waals surface area contributed by atoms with Gasteiger partial charge in [0.2, 0.25) is 0 Å². The van der Waals surface area contributed by atoms with Crippen molar-refractivity contribution in [1.82, 2.24) is 0 Å². The largest absolute Gasteiger partial charge is 0.456 e. The topological polar surface area (TPSA) is 25.2 Å². The second kappa shape index (κ2) is 4.69. The van der Waals surface area contributed by atoms with Crippen molar-refractivity contribution < 1.29 is 4.42 Å². The van der Waals surface area contributed by atoms with Gasteiger partial charge in [-0.15, -0.1) is 11.3 Å². The van der Waals surface area contributed by atoms with Crippen molar-refractivity contribution in [3.63, 3.8) is 0 Å². The van der Waals surface area contributed by atoms with Gasteiger partial charge >= 0.3 is 0 Å². The number of thiophene rings is 1. The number of nitrogens with one attached hydrogen (secondary N) is 1. The van der Waals surface area contributed by atoms with Gasteiger partial charge in [0.15, 0.2) is 0 Å². The summed E-state index contributed by atoms with van der Waals surface area (Å²) in [5.74, 6) is 0. The summed E-state index contributed by atoms with van der Waals surface area (Å²) in [5, 5.41) is 7.90. The van der Waals surface area contributed by atoms with E-state index in [9.17, 15) is 0 Å². The molecular formula is C17H13NOS. The summed E-state index contributed by atoms with van der Waals surface area (Å²) < 4.78 is 5.83. The molecule has 0 fully saturated rings. The van der Waals surface area contributed by atoms with Crippen molar-refractivity contribution in [1.29, 1.82) is 0 Å². The molecule has 4 rings (SSSR count). The highest BCUT2D eigenvalue weighted by Crippen LogP contribution is 2.30. The molecule has 20 heavy (non-hydrogen) atoms. The molecule has 0 aliphatic carbocycles. The highest BCUT2D eigenvalue weighted by atomic mass is 32.1. The van der Waals surface area contributed by atoms with Crippen LogP contribution in [0, 0.1) is 0 Å². The molecule has 0 spiro atoms. The summed E-state index contributed by atoms with van der Waals surface area (Å²) in [4.78, 5) is 1.34. The summed E-state index contributed by atoms with van der Waals surface area (Å²) in [7, 11) is 0. The van der Waals surface area contributed by atoms with E-state index in [1.165, 1.54) is 10.3 Å². The van der Waals surface area contributed by atoms with E-state index in [0.29, 0.717) is 0 Å². The first kappa shape index (κ1) is 11.6. The number of rotatable bonds is 3. The highest BCUT2D eigenvalue weighted by Gasteiger charge is 2.06. The van der Waals surface area contributed by atoms with Gasteiger partial charge in [-0.05, 0) is 35.7 Å². The average Bonchev–Trinajstić information content (AvgIpc) is 3.12. The van der Waals surface area contributed by atoms with Crippen molar-refractivity contribution in [3.8, 4) is 0 Å². The zero-order valence-electron chi connectivity index (χ0n) is 10.8. The van der Waals surface area contributed by atoms with Crippen LogP contribution in [0.3, 0.4) is 0 Å². The average molecular weight is 279 g/mol. The monoisotopic (exact) mass is 279 g/mol. The third-order valence-electron chi connectivity index (χ3n) is 3.42. The van der Waals surface area contributed by atoms with Crippen LogP contribution >= 0.6 is 11.3 Å². The van der Waals surface area contributed by atoms with E-state index in [1.54, 1.807) is 11.3 Å². The molecule has 0 aliphatic heterocycles. The van der Waals surface area contributed by atoms with Crippen LogP contribution in [-0.4, -0.2) is 0 Å². The Hall–Kier alpha value is -2.26. The SMILES string of the molecule is c1csc(CNc2ccc3oc4ccccc4c3c2)c1. The molecule has 4 aromatic rings. The second-order valence-electron chi connectivity index (χ2n) is 4.74. The van der Waals surface area contributed by atoms with Crippen LogP contribution in [0.2, 0.25) is 0 Å². The third kappa shape index (κ3) is 1.96. The molecule has 98 valence electrons. The lowest BCUT2D eigenvalue weighted by Crippen LogP contribution is -1.96. The highest BCUT2D eigenvalue weighted by molar-refractivity contribution is 7.09. The maximum absolute atomic E-state index is 5.83. The minimum atomic E-state index is 0.860. The van der Waals surface area contributed by atoms with Crippen LogP contribution < -0.4 is 5.32 Å². The summed E-state index contributed by atoms with van der Waals surface area (Å²) in [6, 6.07) is 18.6. The first-order valence-corrected chi connectivity index (χ1v) is 7.46. The molecule has 0 aliphatic rings. The van der Waals surface area contributed by atoms with Crippen LogP contribution in [0.15, 0.2) is 64.4 Å². The summed E-state index contributed by atoms with van der Waals surface area (Å²) in [6.45, 7) is 0.860. The van der Waals surface area contributed by atoms with Crippen molar-refractivity contribution in [2.75, 3.05) is 5.32 Å². The molecule has 3 heteroatoms. The smallest absolute Gasteiger partial charge is 0.135 e. The van der Waals surface area contributed by atoms with Gasteiger partial charge in [0, 0.05) is 27.9 Å². The molecule has 2 nitrogen and oxygen atoms in total. The minimum Gasteiger partial charge on any atom is -0.456 e. The number of hydrogen-bond donors (Lipinski definition) is 1. The Morgan fingerprint density at radius 2 is 1.80 bits per heavy atom. The van der Waals surface area contributed by atoms with E-state index in [4.69, 9.17) is 4.42 Å². The summed E-state index contributed by atoms with van der Waals surface area (Å²) >= 11 is 1.77. The minimum absolute atomic E-state index is 0.860. The molecule has 0 saturated carbocycles. The lowest BCUT2D eigenvalue weighted by atomic mass is 10.1. The van der Waals surface area contributed by atoms with Crippen molar-refractivity contribution >= 4 is 39.0 Å². The molecular weight excluding hydrogens is 266 g/mol. The van der Waals surface area contributed by atoms with Gasteiger partial charge in [-0.1, -0.05) is 24.3 Å². The van der Waals surface area contributed by atoms with E-state index < -0.39 is 0 Å². The van der Waals surface area contributed by atoms with Gasteiger partial charge in [-0.25, -0.2) is 0 Å². The molecule has 1 N–H and O–H groups in total. The number of furan rings is 1. The first-order valence-electron chi connectivity index (χ1n) is 6.58. The zero-order valence-corrected chi connectivity index (χ0v) is 11.6. The fourth-order valence-corrected chi connectivity index (χ4v) is 3.08. The molecule has 0 radical (unpaired) electrons. The number of anilines is 1. The molecule has 0 atom stereocenters. The Balaban J connectivity index is 1.72. The number of fused-ring (bicyclic) bond motifs is 3. The Morgan fingerprint density at radius 3 is 2.70 bits per heavy atom. The van der Waals surface area contributed by atoms with Crippen LogP contribution in [0.5, 0.6) is 0 Å². The maximum Gasteiger partial charge on any atom is 0.135 e. The van der Waals surface area contributed by atoms with Crippen molar-refractivity contribution in [3.05, 3.63) is 64.9 Å². The third-order valence-corrected chi connectivity index (χ3v) is 4.30. The Kier molecular flexibility index (Phi) is 2.71.